The number of nitrogens with one attached hydrogen (secondary N) is 1. The molecule has 5 nitrogen and oxygen atoms in total. The van der Waals surface area contributed by atoms with E-state index in [9.17, 15) is 4.79 Å². The van der Waals surface area contributed by atoms with E-state index in [0.717, 1.165) is 46.2 Å². The standard InChI is InChI=1S/C26H29N3O2/c1-3-19(4-2)26(30)27-18-25-28-22-13-7-8-14-23(22)29(25)16-17-31-24-15-9-11-20-10-5-6-12-21(20)24/h5-15,19H,3-4,16-18H2,1-2H3,(H,27,30). The number of carbonyl (C=O) groups is 1. The third-order valence-corrected chi connectivity index (χ3v) is 5.83. The van der Waals surface area contributed by atoms with Crippen LogP contribution < -0.4 is 10.1 Å². The van der Waals surface area contributed by atoms with E-state index in [-0.39, 0.29) is 11.8 Å². The smallest absolute Gasteiger partial charge is 0.223 e. The lowest BCUT2D eigenvalue weighted by Gasteiger charge is -2.15. The zero-order valence-corrected chi connectivity index (χ0v) is 18.2. The topological polar surface area (TPSA) is 56.2 Å². The van der Waals surface area contributed by atoms with Gasteiger partial charge in [0, 0.05) is 11.3 Å². The van der Waals surface area contributed by atoms with Crippen molar-refractivity contribution in [1.82, 2.24) is 14.9 Å². The molecule has 4 aromatic rings. The van der Waals surface area contributed by atoms with E-state index < -0.39 is 0 Å². The third-order valence-electron chi connectivity index (χ3n) is 5.83. The van der Waals surface area contributed by atoms with Gasteiger partial charge in [0.2, 0.25) is 5.91 Å². The number of amides is 1. The lowest BCUT2D eigenvalue weighted by molar-refractivity contribution is -0.125. The van der Waals surface area contributed by atoms with Crippen LogP contribution in [0.2, 0.25) is 0 Å². The number of hydrogen-bond donors (Lipinski definition) is 1. The van der Waals surface area contributed by atoms with Crippen LogP contribution in [-0.2, 0) is 17.9 Å². The fourth-order valence-corrected chi connectivity index (χ4v) is 4.05. The normalized spacial score (nSPS) is 11.3. The first-order valence-corrected chi connectivity index (χ1v) is 11.0. The molecule has 5 heteroatoms. The summed E-state index contributed by atoms with van der Waals surface area (Å²) in [4.78, 5) is 17.2. The third kappa shape index (κ3) is 4.55. The van der Waals surface area contributed by atoms with Crippen molar-refractivity contribution in [2.45, 2.75) is 39.8 Å². The Hall–Kier alpha value is -3.34. The van der Waals surface area contributed by atoms with Crippen LogP contribution in [0.3, 0.4) is 0 Å². The summed E-state index contributed by atoms with van der Waals surface area (Å²) in [5, 5.41) is 5.35. The van der Waals surface area contributed by atoms with E-state index in [1.165, 1.54) is 0 Å². The Kier molecular flexibility index (Phi) is 6.51. The summed E-state index contributed by atoms with van der Waals surface area (Å²) in [6.45, 7) is 5.68. The summed E-state index contributed by atoms with van der Waals surface area (Å²) in [6, 6.07) is 22.4. The van der Waals surface area contributed by atoms with Crippen molar-refractivity contribution >= 4 is 27.7 Å². The molecule has 1 aromatic heterocycles. The summed E-state index contributed by atoms with van der Waals surface area (Å²) in [5.41, 5.74) is 1.98. The Morgan fingerprint density at radius 2 is 1.74 bits per heavy atom. The fourth-order valence-electron chi connectivity index (χ4n) is 4.05. The SMILES string of the molecule is CCC(CC)C(=O)NCc1nc2ccccc2n1CCOc1cccc2ccccc12. The number of aromatic nitrogens is 2. The molecule has 0 aliphatic rings. The van der Waals surface area contributed by atoms with Gasteiger partial charge in [0.05, 0.1) is 24.1 Å². The first-order valence-electron chi connectivity index (χ1n) is 11.0. The number of fused-ring (bicyclic) bond motifs is 2. The average Bonchev–Trinajstić information content (AvgIpc) is 3.16. The van der Waals surface area contributed by atoms with E-state index in [0.29, 0.717) is 19.7 Å². The Balaban J connectivity index is 1.51. The maximum absolute atomic E-state index is 12.5. The van der Waals surface area contributed by atoms with Crippen molar-refractivity contribution in [3.63, 3.8) is 0 Å². The van der Waals surface area contributed by atoms with Gasteiger partial charge in [-0.05, 0) is 36.4 Å². The van der Waals surface area contributed by atoms with Gasteiger partial charge in [0.15, 0.2) is 0 Å². The number of para-hydroxylation sites is 2. The quantitative estimate of drug-likeness (QED) is 0.402. The van der Waals surface area contributed by atoms with Crippen LogP contribution in [0.1, 0.15) is 32.5 Å². The number of benzene rings is 3. The van der Waals surface area contributed by atoms with E-state index in [1.54, 1.807) is 0 Å². The maximum Gasteiger partial charge on any atom is 0.223 e. The number of imidazole rings is 1. The predicted octanol–water partition coefficient (Wildman–Crippen LogP) is 5.32. The van der Waals surface area contributed by atoms with Crippen LogP contribution in [0.15, 0.2) is 66.7 Å². The Bertz CT molecular complexity index is 1170. The minimum Gasteiger partial charge on any atom is -0.491 e. The van der Waals surface area contributed by atoms with Crippen LogP contribution in [0.25, 0.3) is 21.8 Å². The van der Waals surface area contributed by atoms with Gasteiger partial charge in [-0.2, -0.15) is 0 Å². The number of ether oxygens (including phenoxy) is 1. The van der Waals surface area contributed by atoms with Gasteiger partial charge in [-0.3, -0.25) is 4.79 Å². The number of nitrogens with zero attached hydrogens (tertiary/aromatic N) is 2. The van der Waals surface area contributed by atoms with Gasteiger partial charge in [0.25, 0.3) is 0 Å². The number of rotatable bonds is 9. The zero-order chi connectivity index (χ0) is 21.6. The summed E-state index contributed by atoms with van der Waals surface area (Å²) in [6.07, 6.45) is 1.69. The van der Waals surface area contributed by atoms with Crippen molar-refractivity contribution < 1.29 is 9.53 Å². The van der Waals surface area contributed by atoms with Gasteiger partial charge < -0.3 is 14.6 Å². The van der Waals surface area contributed by atoms with E-state index in [2.05, 4.69) is 34.1 Å². The Labute approximate surface area is 183 Å². The number of hydrogen-bond acceptors (Lipinski definition) is 3. The minimum atomic E-state index is 0.0486. The summed E-state index contributed by atoms with van der Waals surface area (Å²) in [5.74, 6) is 1.87. The Morgan fingerprint density at radius 3 is 2.58 bits per heavy atom. The van der Waals surface area contributed by atoms with Crippen LogP contribution in [0, 0.1) is 5.92 Å². The summed E-state index contributed by atoms with van der Waals surface area (Å²) < 4.78 is 8.31. The molecule has 0 fully saturated rings. The lowest BCUT2D eigenvalue weighted by Crippen LogP contribution is -2.31. The zero-order valence-electron chi connectivity index (χ0n) is 18.2. The van der Waals surface area contributed by atoms with Crippen molar-refractivity contribution in [2.75, 3.05) is 6.61 Å². The molecule has 1 amide bonds. The molecule has 31 heavy (non-hydrogen) atoms. The second-order valence-corrected chi connectivity index (χ2v) is 7.73. The highest BCUT2D eigenvalue weighted by atomic mass is 16.5. The molecule has 0 aliphatic heterocycles. The second kappa shape index (κ2) is 9.65. The highest BCUT2D eigenvalue weighted by Gasteiger charge is 2.16. The molecule has 0 atom stereocenters. The molecule has 0 saturated heterocycles. The highest BCUT2D eigenvalue weighted by Crippen LogP contribution is 2.25. The molecule has 0 saturated carbocycles. The summed E-state index contributed by atoms with van der Waals surface area (Å²) >= 11 is 0. The van der Waals surface area contributed by atoms with Gasteiger partial charge in [0.1, 0.15) is 18.2 Å². The van der Waals surface area contributed by atoms with Gasteiger partial charge in [-0.25, -0.2) is 4.98 Å². The molecule has 1 heterocycles. The maximum atomic E-state index is 12.5. The lowest BCUT2D eigenvalue weighted by atomic mass is 10.0. The van der Waals surface area contributed by atoms with Crippen molar-refractivity contribution in [1.29, 1.82) is 0 Å². The van der Waals surface area contributed by atoms with Crippen LogP contribution in [-0.4, -0.2) is 22.1 Å². The summed E-state index contributed by atoms with van der Waals surface area (Å²) in [7, 11) is 0. The average molecular weight is 416 g/mol. The van der Waals surface area contributed by atoms with Gasteiger partial charge >= 0.3 is 0 Å². The van der Waals surface area contributed by atoms with Crippen molar-refractivity contribution in [2.24, 2.45) is 5.92 Å². The highest BCUT2D eigenvalue weighted by molar-refractivity contribution is 5.88. The first-order chi connectivity index (χ1) is 15.2. The first kappa shape index (κ1) is 20.9. The van der Waals surface area contributed by atoms with Crippen LogP contribution in [0.4, 0.5) is 0 Å². The fraction of sp³-hybridized carbons (Fsp3) is 0.308. The number of carbonyl (C=O) groups excluding carboxylic acids is 1. The van der Waals surface area contributed by atoms with Gasteiger partial charge in [-0.1, -0.05) is 62.4 Å². The molecular weight excluding hydrogens is 386 g/mol. The van der Waals surface area contributed by atoms with Crippen LogP contribution >= 0.6 is 0 Å². The molecule has 0 unspecified atom stereocenters. The molecule has 0 spiro atoms. The Morgan fingerprint density at radius 1 is 1.00 bits per heavy atom. The van der Waals surface area contributed by atoms with Gasteiger partial charge in [-0.15, -0.1) is 0 Å². The predicted molar refractivity (Wildman–Crippen MR) is 125 cm³/mol. The monoisotopic (exact) mass is 415 g/mol. The van der Waals surface area contributed by atoms with Crippen LogP contribution in [0.5, 0.6) is 5.75 Å². The molecule has 4 rings (SSSR count). The van der Waals surface area contributed by atoms with Crippen molar-refractivity contribution in [3.05, 3.63) is 72.6 Å². The van der Waals surface area contributed by atoms with E-state index >= 15 is 0 Å². The molecule has 0 radical (unpaired) electrons. The molecular formula is C26H29N3O2. The molecule has 0 bridgehead atoms. The van der Waals surface area contributed by atoms with E-state index in [1.807, 2.05) is 56.3 Å². The van der Waals surface area contributed by atoms with E-state index in [4.69, 9.17) is 9.72 Å². The molecule has 160 valence electrons. The largest absolute Gasteiger partial charge is 0.491 e. The second-order valence-electron chi connectivity index (χ2n) is 7.73. The minimum absolute atomic E-state index is 0.0486. The molecule has 0 aliphatic carbocycles. The molecule has 3 aromatic carbocycles. The molecule has 1 N–H and O–H groups in total. The van der Waals surface area contributed by atoms with Crippen molar-refractivity contribution in [3.8, 4) is 5.75 Å².